The Balaban J connectivity index is 2.91. The Hall–Kier alpha value is -1.06. The van der Waals surface area contributed by atoms with Gasteiger partial charge in [-0.25, -0.2) is 0 Å². The molecule has 1 rings (SSSR count). The summed E-state index contributed by atoms with van der Waals surface area (Å²) in [6.07, 6.45) is 3.78. The minimum atomic E-state index is -0.732. The van der Waals surface area contributed by atoms with Crippen molar-refractivity contribution in [2.75, 3.05) is 0 Å². The topological polar surface area (TPSA) is 49.4 Å². The van der Waals surface area contributed by atoms with Crippen LogP contribution in [-0.2, 0) is 9.59 Å². The van der Waals surface area contributed by atoms with E-state index < -0.39 is 5.54 Å². The van der Waals surface area contributed by atoms with E-state index in [1.807, 2.05) is 27.7 Å². The highest BCUT2D eigenvalue weighted by molar-refractivity contribution is 5.99. The highest BCUT2D eigenvalue weighted by Crippen LogP contribution is 2.24. The van der Waals surface area contributed by atoms with Gasteiger partial charge >= 0.3 is 0 Å². The van der Waals surface area contributed by atoms with E-state index in [0.29, 0.717) is 6.42 Å². The molecule has 0 aliphatic carbocycles. The van der Waals surface area contributed by atoms with Crippen molar-refractivity contribution in [2.45, 2.75) is 77.9 Å². The number of hydrogen-bond donors (Lipinski definition) is 1. The highest BCUT2D eigenvalue weighted by atomic mass is 16.2. The maximum atomic E-state index is 12.6. The summed E-state index contributed by atoms with van der Waals surface area (Å²) in [6.45, 7) is 9.74. The minimum absolute atomic E-state index is 0.0395. The molecular formula is C14H26N2O2. The molecule has 3 unspecified atom stereocenters. The molecule has 0 spiro atoms. The van der Waals surface area contributed by atoms with E-state index in [2.05, 4.69) is 12.2 Å². The molecule has 1 aliphatic rings. The molecule has 0 aromatic heterocycles. The lowest BCUT2D eigenvalue weighted by Gasteiger charge is -2.45. The van der Waals surface area contributed by atoms with E-state index in [-0.39, 0.29) is 23.9 Å². The number of piperazine rings is 1. The fourth-order valence-corrected chi connectivity index (χ4v) is 2.48. The van der Waals surface area contributed by atoms with E-state index in [0.717, 1.165) is 19.3 Å². The molecule has 0 aromatic carbocycles. The molecule has 1 fully saturated rings. The van der Waals surface area contributed by atoms with Crippen molar-refractivity contribution in [3.63, 3.8) is 0 Å². The lowest BCUT2D eigenvalue weighted by atomic mass is 9.90. The van der Waals surface area contributed by atoms with Crippen molar-refractivity contribution in [3.05, 3.63) is 0 Å². The zero-order valence-corrected chi connectivity index (χ0v) is 12.2. The molecule has 0 radical (unpaired) electrons. The first-order valence-corrected chi connectivity index (χ1v) is 7.02. The number of hydrogen-bond acceptors (Lipinski definition) is 2. The Bertz CT molecular complexity index is 330. The normalized spacial score (nSPS) is 30.3. The molecule has 0 aromatic rings. The van der Waals surface area contributed by atoms with Crippen LogP contribution in [0.5, 0.6) is 0 Å². The molecular weight excluding hydrogens is 228 g/mol. The van der Waals surface area contributed by atoms with Crippen molar-refractivity contribution in [1.82, 2.24) is 10.2 Å². The van der Waals surface area contributed by atoms with Crippen LogP contribution in [0.3, 0.4) is 0 Å². The van der Waals surface area contributed by atoms with Crippen LogP contribution in [0, 0.1) is 0 Å². The zero-order chi connectivity index (χ0) is 13.9. The number of carbonyl (C=O) groups is 2. The van der Waals surface area contributed by atoms with Crippen LogP contribution < -0.4 is 5.32 Å². The molecule has 3 atom stereocenters. The fourth-order valence-electron chi connectivity index (χ4n) is 2.48. The summed E-state index contributed by atoms with van der Waals surface area (Å²) in [6, 6.07) is -0.228. The van der Waals surface area contributed by atoms with Crippen molar-refractivity contribution in [3.8, 4) is 0 Å². The van der Waals surface area contributed by atoms with E-state index in [1.165, 1.54) is 0 Å². The molecule has 4 nitrogen and oxygen atoms in total. The van der Waals surface area contributed by atoms with E-state index in [9.17, 15) is 9.59 Å². The molecule has 2 amide bonds. The van der Waals surface area contributed by atoms with Crippen molar-refractivity contribution in [2.24, 2.45) is 0 Å². The van der Waals surface area contributed by atoms with Gasteiger partial charge in [-0.05, 0) is 33.6 Å². The predicted octanol–water partition coefficient (Wildman–Crippen LogP) is 2.08. The third-order valence-electron chi connectivity index (χ3n) is 4.06. The lowest BCUT2D eigenvalue weighted by Crippen LogP contribution is -2.69. The summed E-state index contributed by atoms with van der Waals surface area (Å²) in [5, 5.41) is 2.85. The molecule has 0 bridgehead atoms. The molecule has 104 valence electrons. The molecule has 1 aliphatic heterocycles. The first kappa shape index (κ1) is 15.0. The first-order valence-electron chi connectivity index (χ1n) is 7.02. The van der Waals surface area contributed by atoms with Gasteiger partial charge in [0.2, 0.25) is 11.8 Å². The first-order chi connectivity index (χ1) is 8.37. The predicted molar refractivity (Wildman–Crippen MR) is 72.1 cm³/mol. The van der Waals surface area contributed by atoms with Crippen LogP contribution in [0.2, 0.25) is 0 Å². The summed E-state index contributed by atoms with van der Waals surface area (Å²) < 4.78 is 0. The highest BCUT2D eigenvalue weighted by Gasteiger charge is 2.46. The zero-order valence-electron chi connectivity index (χ0n) is 12.2. The maximum absolute atomic E-state index is 12.6. The standard InChI is InChI=1S/C14H26N2O2/c1-6-8-9-10(3)16-11(4)12(17)15-14(5,7-2)13(16)18/h10-11H,6-9H2,1-5H3,(H,15,17). The maximum Gasteiger partial charge on any atom is 0.248 e. The van der Waals surface area contributed by atoms with Gasteiger partial charge in [0, 0.05) is 6.04 Å². The summed E-state index contributed by atoms with van der Waals surface area (Å²) in [4.78, 5) is 26.3. The molecule has 1 N–H and O–H groups in total. The Morgan fingerprint density at radius 2 is 2.00 bits per heavy atom. The second-order valence-corrected chi connectivity index (χ2v) is 5.55. The number of unbranched alkanes of at least 4 members (excludes halogenated alkanes) is 1. The minimum Gasteiger partial charge on any atom is -0.340 e. The summed E-state index contributed by atoms with van der Waals surface area (Å²) in [5.41, 5.74) is -0.732. The van der Waals surface area contributed by atoms with Gasteiger partial charge in [0.15, 0.2) is 0 Å². The Kier molecular flexibility index (Phi) is 4.77. The third-order valence-corrected chi connectivity index (χ3v) is 4.06. The quantitative estimate of drug-likeness (QED) is 0.816. The van der Waals surface area contributed by atoms with E-state index in [1.54, 1.807) is 4.90 Å². The van der Waals surface area contributed by atoms with Crippen LogP contribution in [0.25, 0.3) is 0 Å². The SMILES string of the molecule is CCCCC(C)N1C(=O)C(C)(CC)NC(=O)C1C. The van der Waals surface area contributed by atoms with Gasteiger partial charge in [-0.3, -0.25) is 9.59 Å². The second kappa shape index (κ2) is 5.72. The number of nitrogens with zero attached hydrogens (tertiary/aromatic N) is 1. The summed E-state index contributed by atoms with van der Waals surface area (Å²) >= 11 is 0. The summed E-state index contributed by atoms with van der Waals surface area (Å²) in [7, 11) is 0. The van der Waals surface area contributed by atoms with Crippen LogP contribution in [0.1, 0.15) is 60.3 Å². The number of rotatable bonds is 5. The molecule has 1 saturated heterocycles. The largest absolute Gasteiger partial charge is 0.340 e. The lowest BCUT2D eigenvalue weighted by molar-refractivity contribution is -0.156. The fraction of sp³-hybridized carbons (Fsp3) is 0.857. The molecule has 1 heterocycles. The van der Waals surface area contributed by atoms with Gasteiger partial charge in [0.05, 0.1) is 0 Å². The van der Waals surface area contributed by atoms with Crippen molar-refractivity contribution in [1.29, 1.82) is 0 Å². The average molecular weight is 254 g/mol. The van der Waals surface area contributed by atoms with Gasteiger partial charge in [-0.2, -0.15) is 0 Å². The molecule has 0 saturated carbocycles. The Morgan fingerprint density at radius 3 is 2.50 bits per heavy atom. The van der Waals surface area contributed by atoms with Gasteiger partial charge < -0.3 is 10.2 Å². The van der Waals surface area contributed by atoms with Crippen LogP contribution in [-0.4, -0.2) is 34.3 Å². The average Bonchev–Trinajstić information content (AvgIpc) is 2.34. The van der Waals surface area contributed by atoms with Crippen molar-refractivity contribution < 1.29 is 9.59 Å². The van der Waals surface area contributed by atoms with E-state index >= 15 is 0 Å². The molecule has 4 heteroatoms. The molecule has 18 heavy (non-hydrogen) atoms. The van der Waals surface area contributed by atoms with Crippen molar-refractivity contribution >= 4 is 11.8 Å². The second-order valence-electron chi connectivity index (χ2n) is 5.55. The number of amides is 2. The summed E-state index contributed by atoms with van der Waals surface area (Å²) in [5.74, 6) is 0.0167. The van der Waals surface area contributed by atoms with Gasteiger partial charge in [-0.1, -0.05) is 26.7 Å². The van der Waals surface area contributed by atoms with Gasteiger partial charge in [0.25, 0.3) is 0 Å². The third kappa shape index (κ3) is 2.68. The van der Waals surface area contributed by atoms with Crippen LogP contribution in [0.15, 0.2) is 0 Å². The van der Waals surface area contributed by atoms with Crippen LogP contribution in [0.4, 0.5) is 0 Å². The Morgan fingerprint density at radius 1 is 1.39 bits per heavy atom. The van der Waals surface area contributed by atoms with Gasteiger partial charge in [-0.15, -0.1) is 0 Å². The smallest absolute Gasteiger partial charge is 0.248 e. The van der Waals surface area contributed by atoms with Crippen LogP contribution >= 0.6 is 0 Å². The Labute approximate surface area is 110 Å². The van der Waals surface area contributed by atoms with Gasteiger partial charge in [0.1, 0.15) is 11.6 Å². The monoisotopic (exact) mass is 254 g/mol. The number of carbonyl (C=O) groups excluding carboxylic acids is 2. The number of nitrogens with one attached hydrogen (secondary N) is 1. The van der Waals surface area contributed by atoms with E-state index in [4.69, 9.17) is 0 Å².